The Balaban J connectivity index is 1.62. The lowest BCUT2D eigenvalue weighted by molar-refractivity contribution is 0.0467. The maximum atomic E-state index is 10.7. The number of nitrogens with zero attached hydrogens (tertiary/aromatic N) is 4. The van der Waals surface area contributed by atoms with E-state index in [9.17, 15) is 5.11 Å². The second kappa shape index (κ2) is 7.09. The number of aryl methyl sites for hydroxylation is 1. The Bertz CT molecular complexity index is 1130. The summed E-state index contributed by atoms with van der Waals surface area (Å²) in [6.45, 7) is 3.71. The minimum atomic E-state index is -1.19. The summed E-state index contributed by atoms with van der Waals surface area (Å²) in [6.07, 6.45) is 0. The van der Waals surface area contributed by atoms with Crippen LogP contribution in [0.5, 0.6) is 0 Å². The molecule has 0 bridgehead atoms. The van der Waals surface area contributed by atoms with Crippen molar-refractivity contribution in [1.29, 1.82) is 0 Å². The SMILES string of the molecule is Cc1ccc(C(C)(O)CNc2ccc3nnc(-c4cc(Cl)cc(Cl)c4)n3n2)o1. The van der Waals surface area contributed by atoms with Crippen molar-refractivity contribution in [2.75, 3.05) is 11.9 Å². The topological polar surface area (TPSA) is 88.5 Å². The normalized spacial score (nSPS) is 13.6. The van der Waals surface area contributed by atoms with Gasteiger partial charge in [0, 0.05) is 15.6 Å². The van der Waals surface area contributed by atoms with E-state index in [2.05, 4.69) is 20.6 Å². The molecule has 3 heterocycles. The van der Waals surface area contributed by atoms with Gasteiger partial charge in [-0.1, -0.05) is 23.2 Å². The third-order valence-electron chi connectivity index (χ3n) is 4.27. The summed E-state index contributed by atoms with van der Waals surface area (Å²) in [5.74, 6) is 2.28. The van der Waals surface area contributed by atoms with Crippen LogP contribution in [0.25, 0.3) is 17.0 Å². The Morgan fingerprint density at radius 2 is 1.86 bits per heavy atom. The summed E-state index contributed by atoms with van der Waals surface area (Å²) in [6, 6.07) is 12.3. The molecule has 28 heavy (non-hydrogen) atoms. The molecule has 9 heteroatoms. The molecule has 0 radical (unpaired) electrons. The molecule has 0 aliphatic carbocycles. The van der Waals surface area contributed by atoms with Crippen LogP contribution in [0.3, 0.4) is 0 Å². The third-order valence-corrected chi connectivity index (χ3v) is 4.70. The number of hydrogen-bond donors (Lipinski definition) is 2. The molecule has 144 valence electrons. The van der Waals surface area contributed by atoms with E-state index in [0.717, 1.165) is 5.76 Å². The third kappa shape index (κ3) is 3.69. The second-order valence-corrected chi connectivity index (χ2v) is 7.58. The molecule has 1 aromatic carbocycles. The zero-order valence-electron chi connectivity index (χ0n) is 15.1. The fourth-order valence-electron chi connectivity index (χ4n) is 2.82. The van der Waals surface area contributed by atoms with Crippen molar-refractivity contribution in [3.8, 4) is 11.4 Å². The first kappa shape index (κ1) is 18.7. The maximum absolute atomic E-state index is 10.7. The lowest BCUT2D eigenvalue weighted by Gasteiger charge is -2.21. The Morgan fingerprint density at radius 3 is 2.54 bits per heavy atom. The Labute approximate surface area is 170 Å². The minimum absolute atomic E-state index is 0.207. The number of fused-ring (bicyclic) bond motifs is 1. The smallest absolute Gasteiger partial charge is 0.185 e. The summed E-state index contributed by atoms with van der Waals surface area (Å²) >= 11 is 12.2. The number of hydrogen-bond acceptors (Lipinski definition) is 6. The highest BCUT2D eigenvalue weighted by atomic mass is 35.5. The van der Waals surface area contributed by atoms with Gasteiger partial charge in [-0.25, -0.2) is 0 Å². The lowest BCUT2D eigenvalue weighted by Crippen LogP contribution is -2.30. The monoisotopic (exact) mass is 417 g/mol. The van der Waals surface area contributed by atoms with Crippen molar-refractivity contribution in [2.45, 2.75) is 19.4 Å². The van der Waals surface area contributed by atoms with Crippen LogP contribution in [-0.2, 0) is 5.60 Å². The largest absolute Gasteiger partial charge is 0.463 e. The van der Waals surface area contributed by atoms with Gasteiger partial charge in [0.1, 0.15) is 22.9 Å². The first-order valence-corrected chi connectivity index (χ1v) is 9.29. The van der Waals surface area contributed by atoms with Gasteiger partial charge in [-0.05, 0) is 56.3 Å². The van der Waals surface area contributed by atoms with E-state index in [1.54, 1.807) is 47.8 Å². The first-order chi connectivity index (χ1) is 13.3. The molecule has 3 aromatic heterocycles. The number of aliphatic hydroxyl groups is 1. The molecule has 0 fully saturated rings. The van der Waals surface area contributed by atoms with Gasteiger partial charge >= 0.3 is 0 Å². The van der Waals surface area contributed by atoms with Crippen LogP contribution in [0.1, 0.15) is 18.4 Å². The number of benzene rings is 1. The van der Waals surface area contributed by atoms with E-state index in [1.165, 1.54) is 0 Å². The Morgan fingerprint density at radius 1 is 1.11 bits per heavy atom. The number of aromatic nitrogens is 4. The molecule has 0 amide bonds. The van der Waals surface area contributed by atoms with Gasteiger partial charge in [0.25, 0.3) is 0 Å². The average molecular weight is 418 g/mol. The van der Waals surface area contributed by atoms with E-state index in [0.29, 0.717) is 38.7 Å². The highest BCUT2D eigenvalue weighted by Gasteiger charge is 2.27. The first-order valence-electron chi connectivity index (χ1n) is 8.54. The van der Waals surface area contributed by atoms with Crippen molar-refractivity contribution < 1.29 is 9.52 Å². The zero-order chi connectivity index (χ0) is 19.9. The van der Waals surface area contributed by atoms with E-state index in [4.69, 9.17) is 27.6 Å². The molecule has 0 aliphatic rings. The Kier molecular flexibility index (Phi) is 4.74. The van der Waals surface area contributed by atoms with Crippen LogP contribution >= 0.6 is 23.2 Å². The highest BCUT2D eigenvalue weighted by molar-refractivity contribution is 6.35. The average Bonchev–Trinajstić information content (AvgIpc) is 3.25. The van der Waals surface area contributed by atoms with Crippen molar-refractivity contribution in [1.82, 2.24) is 19.8 Å². The second-order valence-electron chi connectivity index (χ2n) is 6.71. The highest BCUT2D eigenvalue weighted by Crippen LogP contribution is 2.27. The molecule has 0 spiro atoms. The van der Waals surface area contributed by atoms with Crippen LogP contribution in [-0.4, -0.2) is 31.5 Å². The Hall–Kier alpha value is -2.61. The summed E-state index contributed by atoms with van der Waals surface area (Å²) in [5, 5.41) is 27.6. The number of furan rings is 1. The van der Waals surface area contributed by atoms with Gasteiger partial charge in [-0.2, -0.15) is 4.52 Å². The van der Waals surface area contributed by atoms with Gasteiger partial charge in [0.2, 0.25) is 0 Å². The minimum Gasteiger partial charge on any atom is -0.463 e. The molecule has 2 N–H and O–H groups in total. The van der Waals surface area contributed by atoms with Gasteiger partial charge < -0.3 is 14.8 Å². The van der Waals surface area contributed by atoms with Crippen LogP contribution in [0.4, 0.5) is 5.82 Å². The van der Waals surface area contributed by atoms with E-state index < -0.39 is 5.60 Å². The van der Waals surface area contributed by atoms with Crippen molar-refractivity contribution in [2.24, 2.45) is 0 Å². The maximum Gasteiger partial charge on any atom is 0.185 e. The van der Waals surface area contributed by atoms with Crippen LogP contribution in [0.2, 0.25) is 10.0 Å². The summed E-state index contributed by atoms with van der Waals surface area (Å²) < 4.78 is 7.13. The van der Waals surface area contributed by atoms with E-state index in [-0.39, 0.29) is 6.54 Å². The lowest BCUT2D eigenvalue weighted by atomic mass is 10.0. The van der Waals surface area contributed by atoms with Crippen LogP contribution in [0.15, 0.2) is 46.9 Å². The molecule has 4 rings (SSSR count). The van der Waals surface area contributed by atoms with Crippen LogP contribution in [0, 0.1) is 6.92 Å². The molecule has 7 nitrogen and oxygen atoms in total. The quantitative estimate of drug-likeness (QED) is 0.502. The predicted molar refractivity (Wildman–Crippen MR) is 108 cm³/mol. The molecular weight excluding hydrogens is 401 g/mol. The number of halogens is 2. The van der Waals surface area contributed by atoms with E-state index in [1.807, 2.05) is 13.0 Å². The summed E-state index contributed by atoms with van der Waals surface area (Å²) in [4.78, 5) is 0. The fourth-order valence-corrected chi connectivity index (χ4v) is 3.35. The molecule has 1 atom stereocenters. The van der Waals surface area contributed by atoms with Gasteiger partial charge in [0.05, 0.1) is 6.54 Å². The molecular formula is C19H17Cl2N5O2. The number of anilines is 1. The van der Waals surface area contributed by atoms with Gasteiger partial charge in [0.15, 0.2) is 11.5 Å². The summed E-state index contributed by atoms with van der Waals surface area (Å²) in [7, 11) is 0. The molecule has 0 aliphatic heterocycles. The summed E-state index contributed by atoms with van der Waals surface area (Å²) in [5.41, 5.74) is 0.0827. The van der Waals surface area contributed by atoms with Crippen molar-refractivity contribution in [3.05, 3.63) is 64.0 Å². The zero-order valence-corrected chi connectivity index (χ0v) is 16.7. The molecule has 0 saturated carbocycles. The number of nitrogens with one attached hydrogen (secondary N) is 1. The predicted octanol–water partition coefficient (Wildman–Crippen LogP) is 4.32. The van der Waals surface area contributed by atoms with Crippen molar-refractivity contribution >= 4 is 34.7 Å². The molecule has 0 saturated heterocycles. The van der Waals surface area contributed by atoms with Crippen LogP contribution < -0.4 is 5.32 Å². The molecule has 1 unspecified atom stereocenters. The number of rotatable bonds is 5. The van der Waals surface area contributed by atoms with Gasteiger partial charge in [-0.3, -0.25) is 0 Å². The molecule has 4 aromatic rings. The van der Waals surface area contributed by atoms with Gasteiger partial charge in [-0.15, -0.1) is 15.3 Å². The fraction of sp³-hybridized carbons (Fsp3) is 0.211. The van der Waals surface area contributed by atoms with Crippen molar-refractivity contribution in [3.63, 3.8) is 0 Å². The van der Waals surface area contributed by atoms with E-state index >= 15 is 0 Å². The standard InChI is InChI=1S/C19H17Cl2N5O2/c1-11-3-4-15(28-11)19(2,27)10-22-16-5-6-17-23-24-18(26(17)25-16)12-7-13(20)9-14(21)8-12/h3-9,27H,10H2,1-2H3,(H,22,25).